The summed E-state index contributed by atoms with van der Waals surface area (Å²) in [7, 11) is 1.41. The number of nitriles is 1. The molecule has 1 N–H and O–H groups in total. The lowest BCUT2D eigenvalue weighted by Gasteiger charge is -2.36. The highest BCUT2D eigenvalue weighted by molar-refractivity contribution is 6.33. The van der Waals surface area contributed by atoms with Crippen molar-refractivity contribution in [1.29, 1.82) is 5.26 Å². The smallest absolute Gasteiger partial charge is 0.305 e. The van der Waals surface area contributed by atoms with Gasteiger partial charge in [0.05, 0.1) is 24.4 Å². The van der Waals surface area contributed by atoms with Crippen LogP contribution in [0, 0.1) is 18.3 Å². The molecule has 2 atom stereocenters. The number of unbranched alkanes of at least 4 members (excludes halogenated alkanes) is 2. The molecule has 0 aliphatic carbocycles. The lowest BCUT2D eigenvalue weighted by Crippen LogP contribution is -2.56. The van der Waals surface area contributed by atoms with E-state index in [9.17, 15) is 9.59 Å². The van der Waals surface area contributed by atoms with Crippen molar-refractivity contribution in [1.82, 2.24) is 10.2 Å². The number of nitrogens with one attached hydrogen (secondary N) is 1. The van der Waals surface area contributed by atoms with Gasteiger partial charge in [0.1, 0.15) is 12.1 Å². The lowest BCUT2D eigenvalue weighted by atomic mass is 10.0. The SMILES string of the molecule is COC(=O)CCCCCC1CNCC2C(=O)N(c3ccc(C#N)c(Cl)c3C)CN12. The maximum absolute atomic E-state index is 13.1. The number of carbonyl (C=O) groups is 2. The van der Waals surface area contributed by atoms with Gasteiger partial charge in [-0.05, 0) is 37.5 Å². The van der Waals surface area contributed by atoms with Crippen molar-refractivity contribution in [2.24, 2.45) is 0 Å². The third-order valence-electron chi connectivity index (χ3n) is 5.86. The fraction of sp³-hybridized carbons (Fsp3) is 0.571. The van der Waals surface area contributed by atoms with Gasteiger partial charge in [-0.1, -0.05) is 24.4 Å². The molecule has 1 aromatic rings. The minimum absolute atomic E-state index is 0.0664. The predicted octanol–water partition coefficient (Wildman–Crippen LogP) is 2.59. The molecule has 1 amide bonds. The van der Waals surface area contributed by atoms with Crippen molar-refractivity contribution in [3.8, 4) is 6.07 Å². The summed E-state index contributed by atoms with van der Waals surface area (Å²) in [5.74, 6) is -0.0987. The largest absolute Gasteiger partial charge is 0.469 e. The minimum atomic E-state index is -0.183. The van der Waals surface area contributed by atoms with Crippen LogP contribution in [0.3, 0.4) is 0 Å². The van der Waals surface area contributed by atoms with Crippen LogP contribution in [-0.4, -0.2) is 55.7 Å². The average Bonchev–Trinajstić information content (AvgIpc) is 3.06. The van der Waals surface area contributed by atoms with Crippen LogP contribution in [-0.2, 0) is 14.3 Å². The first-order valence-corrected chi connectivity index (χ1v) is 10.4. The Kier molecular flexibility index (Phi) is 7.12. The molecular formula is C21H27ClN4O3. The van der Waals surface area contributed by atoms with E-state index >= 15 is 0 Å². The first-order valence-electron chi connectivity index (χ1n) is 10.0. The summed E-state index contributed by atoms with van der Waals surface area (Å²) in [6.45, 7) is 3.86. The van der Waals surface area contributed by atoms with Gasteiger partial charge in [0.15, 0.2) is 0 Å². The monoisotopic (exact) mass is 418 g/mol. The van der Waals surface area contributed by atoms with Crippen LogP contribution < -0.4 is 10.2 Å². The molecule has 29 heavy (non-hydrogen) atoms. The van der Waals surface area contributed by atoms with Gasteiger partial charge in [-0.25, -0.2) is 0 Å². The van der Waals surface area contributed by atoms with Gasteiger partial charge < -0.3 is 10.1 Å². The van der Waals surface area contributed by atoms with Crippen LogP contribution in [0.2, 0.25) is 5.02 Å². The minimum Gasteiger partial charge on any atom is -0.469 e. The quantitative estimate of drug-likeness (QED) is 0.541. The number of anilines is 1. The molecule has 2 aliphatic rings. The summed E-state index contributed by atoms with van der Waals surface area (Å²) in [5.41, 5.74) is 1.94. The molecule has 0 bridgehead atoms. The highest BCUT2D eigenvalue weighted by Gasteiger charge is 2.44. The number of rotatable bonds is 7. The Morgan fingerprint density at radius 3 is 2.86 bits per heavy atom. The zero-order chi connectivity index (χ0) is 21.0. The van der Waals surface area contributed by atoms with Crippen molar-refractivity contribution in [3.05, 3.63) is 28.3 Å². The second-order valence-electron chi connectivity index (χ2n) is 7.61. The molecule has 2 saturated heterocycles. The molecule has 0 aromatic heterocycles. The molecule has 2 fully saturated rings. The molecule has 0 radical (unpaired) electrons. The average molecular weight is 419 g/mol. The van der Waals surface area contributed by atoms with E-state index in [-0.39, 0.29) is 24.0 Å². The van der Waals surface area contributed by atoms with E-state index in [1.807, 2.05) is 13.0 Å². The zero-order valence-electron chi connectivity index (χ0n) is 16.9. The lowest BCUT2D eigenvalue weighted by molar-refractivity contribution is -0.140. The van der Waals surface area contributed by atoms with E-state index in [1.165, 1.54) is 7.11 Å². The second-order valence-corrected chi connectivity index (χ2v) is 7.99. The van der Waals surface area contributed by atoms with Crippen molar-refractivity contribution in [2.75, 3.05) is 31.8 Å². The molecule has 1 aromatic carbocycles. The molecule has 2 aliphatic heterocycles. The number of piperazine rings is 1. The van der Waals surface area contributed by atoms with Crippen molar-refractivity contribution < 1.29 is 14.3 Å². The maximum Gasteiger partial charge on any atom is 0.305 e. The highest BCUT2D eigenvalue weighted by atomic mass is 35.5. The maximum atomic E-state index is 13.1. The van der Waals surface area contributed by atoms with E-state index in [1.54, 1.807) is 11.0 Å². The standard InChI is InChI=1S/C21H27ClN4O3/c1-14-17(9-8-15(10-23)20(14)22)26-13-25-16(11-24-12-18(25)21(26)28)6-4-3-5-7-19(27)29-2/h8-9,16,18,24H,3-7,11-13H2,1-2H3. The van der Waals surface area contributed by atoms with Gasteiger partial charge in [-0.3, -0.25) is 19.4 Å². The van der Waals surface area contributed by atoms with Crippen LogP contribution >= 0.6 is 11.6 Å². The molecule has 7 nitrogen and oxygen atoms in total. The van der Waals surface area contributed by atoms with E-state index in [0.29, 0.717) is 30.2 Å². The third kappa shape index (κ3) is 4.55. The number of esters is 1. The van der Waals surface area contributed by atoms with Crippen LogP contribution in [0.15, 0.2) is 12.1 Å². The molecule has 0 saturated carbocycles. The number of halogens is 1. The number of hydrogen-bond donors (Lipinski definition) is 1. The van der Waals surface area contributed by atoms with Crippen LogP contribution in [0.1, 0.15) is 43.2 Å². The van der Waals surface area contributed by atoms with E-state index in [2.05, 4.69) is 21.0 Å². The van der Waals surface area contributed by atoms with Crippen LogP contribution in [0.4, 0.5) is 5.69 Å². The number of benzene rings is 1. The molecule has 8 heteroatoms. The molecule has 2 unspecified atom stereocenters. The first-order chi connectivity index (χ1) is 14.0. The first kappa shape index (κ1) is 21.6. The fourth-order valence-electron chi connectivity index (χ4n) is 4.18. The number of nitrogens with zero attached hydrogens (tertiary/aromatic N) is 3. The van der Waals surface area contributed by atoms with Gasteiger partial charge in [0, 0.05) is 31.2 Å². The summed E-state index contributed by atoms with van der Waals surface area (Å²) in [6.07, 6.45) is 4.22. The van der Waals surface area contributed by atoms with E-state index in [4.69, 9.17) is 16.9 Å². The topological polar surface area (TPSA) is 85.7 Å². The number of ether oxygens (including phenoxy) is 1. The number of carbonyl (C=O) groups excluding carboxylic acids is 2. The van der Waals surface area contributed by atoms with Gasteiger partial charge in [0.2, 0.25) is 5.91 Å². The Hall–Kier alpha value is -2.14. The highest BCUT2D eigenvalue weighted by Crippen LogP contribution is 2.34. The Morgan fingerprint density at radius 2 is 2.14 bits per heavy atom. The normalized spacial score (nSPS) is 21.7. The number of amides is 1. The zero-order valence-corrected chi connectivity index (χ0v) is 17.7. The van der Waals surface area contributed by atoms with Crippen molar-refractivity contribution in [3.63, 3.8) is 0 Å². The molecule has 0 spiro atoms. The Bertz CT molecular complexity index is 823. The van der Waals surface area contributed by atoms with Crippen LogP contribution in [0.25, 0.3) is 0 Å². The third-order valence-corrected chi connectivity index (χ3v) is 6.34. The number of hydrogen-bond acceptors (Lipinski definition) is 6. The van der Waals surface area contributed by atoms with Crippen molar-refractivity contribution in [2.45, 2.75) is 51.1 Å². The summed E-state index contributed by atoms with van der Waals surface area (Å²) in [6, 6.07) is 5.66. The van der Waals surface area contributed by atoms with E-state index < -0.39 is 0 Å². The number of methoxy groups -OCH3 is 1. The Balaban J connectivity index is 1.65. The fourth-order valence-corrected chi connectivity index (χ4v) is 4.38. The molecule has 3 rings (SSSR count). The van der Waals surface area contributed by atoms with E-state index in [0.717, 1.165) is 43.5 Å². The van der Waals surface area contributed by atoms with Crippen molar-refractivity contribution >= 4 is 29.2 Å². The van der Waals surface area contributed by atoms with Gasteiger partial charge >= 0.3 is 5.97 Å². The molecular weight excluding hydrogens is 392 g/mol. The second kappa shape index (κ2) is 9.57. The van der Waals surface area contributed by atoms with Crippen LogP contribution in [0.5, 0.6) is 0 Å². The molecule has 156 valence electrons. The Morgan fingerprint density at radius 1 is 1.34 bits per heavy atom. The van der Waals surface area contributed by atoms with Gasteiger partial charge in [0.25, 0.3) is 0 Å². The summed E-state index contributed by atoms with van der Waals surface area (Å²) in [5, 5.41) is 13.0. The number of fused-ring (bicyclic) bond motifs is 1. The van der Waals surface area contributed by atoms with Gasteiger partial charge in [-0.2, -0.15) is 5.26 Å². The summed E-state index contributed by atoms with van der Waals surface area (Å²) in [4.78, 5) is 28.3. The van der Waals surface area contributed by atoms with Gasteiger partial charge in [-0.15, -0.1) is 0 Å². The summed E-state index contributed by atoms with van der Waals surface area (Å²) >= 11 is 6.32. The predicted molar refractivity (Wildman–Crippen MR) is 111 cm³/mol. The Labute approximate surface area is 176 Å². The molecule has 2 heterocycles. The summed E-state index contributed by atoms with van der Waals surface area (Å²) < 4.78 is 4.67.